The molecule has 1 aromatic heterocycles. The third kappa shape index (κ3) is 1.95. The Bertz CT molecular complexity index is 380. The fourth-order valence-corrected chi connectivity index (χ4v) is 2.43. The van der Waals surface area contributed by atoms with Crippen molar-refractivity contribution in [3.63, 3.8) is 0 Å². The van der Waals surface area contributed by atoms with E-state index < -0.39 is 5.97 Å². The Morgan fingerprint density at radius 1 is 1.50 bits per heavy atom. The number of carboxylic acid groups (broad SMARTS) is 1. The summed E-state index contributed by atoms with van der Waals surface area (Å²) in [6.45, 7) is 4.68. The summed E-state index contributed by atoms with van der Waals surface area (Å²) >= 11 is 0. The van der Waals surface area contributed by atoms with Crippen LogP contribution in [0.5, 0.6) is 0 Å². The summed E-state index contributed by atoms with van der Waals surface area (Å²) < 4.78 is 0. The number of aromatic amines is 1. The molecule has 2 unspecified atom stereocenters. The Morgan fingerprint density at radius 3 is 2.81 bits per heavy atom. The molecule has 2 rings (SSSR count). The van der Waals surface area contributed by atoms with Gasteiger partial charge in [-0.3, -0.25) is 9.89 Å². The molecule has 1 aliphatic heterocycles. The first kappa shape index (κ1) is 11.1. The average molecular weight is 223 g/mol. The molecule has 1 saturated heterocycles. The highest BCUT2D eigenvalue weighted by Gasteiger charge is 2.29. The van der Waals surface area contributed by atoms with Crippen LogP contribution in [0.25, 0.3) is 0 Å². The van der Waals surface area contributed by atoms with E-state index in [0.717, 1.165) is 23.5 Å². The lowest BCUT2D eigenvalue weighted by Gasteiger charge is -2.28. The van der Waals surface area contributed by atoms with E-state index in [0.29, 0.717) is 12.8 Å². The molecule has 3 N–H and O–H groups in total. The highest BCUT2D eigenvalue weighted by atomic mass is 16.4. The Morgan fingerprint density at radius 2 is 2.25 bits per heavy atom. The highest BCUT2D eigenvalue weighted by molar-refractivity contribution is 5.70. The van der Waals surface area contributed by atoms with Crippen molar-refractivity contribution in [3.05, 3.63) is 17.0 Å². The van der Waals surface area contributed by atoms with Crippen LogP contribution in [-0.4, -0.2) is 27.8 Å². The van der Waals surface area contributed by atoms with Crippen LogP contribution in [0.2, 0.25) is 0 Å². The van der Waals surface area contributed by atoms with Crippen molar-refractivity contribution >= 4 is 5.97 Å². The van der Waals surface area contributed by atoms with E-state index in [1.165, 1.54) is 0 Å². The Hall–Kier alpha value is -1.36. The average Bonchev–Trinajstić information content (AvgIpc) is 2.59. The van der Waals surface area contributed by atoms with Gasteiger partial charge in [0.05, 0.1) is 11.6 Å². The van der Waals surface area contributed by atoms with Crippen molar-refractivity contribution in [2.24, 2.45) is 5.92 Å². The van der Waals surface area contributed by atoms with Gasteiger partial charge in [0.1, 0.15) is 0 Å². The second-order valence-electron chi connectivity index (χ2n) is 4.41. The smallest absolute Gasteiger partial charge is 0.306 e. The molecule has 0 radical (unpaired) electrons. The van der Waals surface area contributed by atoms with Crippen molar-refractivity contribution in [2.75, 3.05) is 6.54 Å². The van der Waals surface area contributed by atoms with E-state index in [-0.39, 0.29) is 12.0 Å². The van der Waals surface area contributed by atoms with Gasteiger partial charge in [-0.05, 0) is 33.2 Å². The lowest BCUT2D eigenvalue weighted by Crippen LogP contribution is -2.35. The standard InChI is InChI=1S/C11H17N3O2/c1-6-10(7(2)14-13-6)9-5-8(11(15)16)3-4-12-9/h8-9,12H,3-5H2,1-2H3,(H,13,14)(H,15,16). The number of aromatic nitrogens is 2. The summed E-state index contributed by atoms with van der Waals surface area (Å²) in [5.74, 6) is -0.926. The summed E-state index contributed by atoms with van der Waals surface area (Å²) in [4.78, 5) is 11.0. The third-order valence-electron chi connectivity index (χ3n) is 3.29. The molecular formula is C11H17N3O2. The monoisotopic (exact) mass is 223 g/mol. The number of carboxylic acids is 1. The Balaban J connectivity index is 2.19. The van der Waals surface area contributed by atoms with Crippen LogP contribution in [0, 0.1) is 19.8 Å². The van der Waals surface area contributed by atoms with Gasteiger partial charge in [0.25, 0.3) is 0 Å². The molecule has 0 spiro atoms. The van der Waals surface area contributed by atoms with Crippen LogP contribution >= 0.6 is 0 Å². The van der Waals surface area contributed by atoms with Gasteiger partial charge in [-0.2, -0.15) is 5.10 Å². The first-order chi connectivity index (χ1) is 7.59. The number of piperidine rings is 1. The molecule has 0 aromatic carbocycles. The van der Waals surface area contributed by atoms with E-state index in [1.54, 1.807) is 0 Å². The van der Waals surface area contributed by atoms with Crippen LogP contribution in [0.4, 0.5) is 0 Å². The van der Waals surface area contributed by atoms with Gasteiger partial charge in [0.2, 0.25) is 0 Å². The fraction of sp³-hybridized carbons (Fsp3) is 0.636. The Labute approximate surface area is 94.2 Å². The third-order valence-corrected chi connectivity index (χ3v) is 3.29. The SMILES string of the molecule is Cc1n[nH]c(C)c1C1CC(C(=O)O)CCN1. The van der Waals surface area contributed by atoms with E-state index in [4.69, 9.17) is 5.11 Å². The van der Waals surface area contributed by atoms with Crippen LogP contribution in [0.3, 0.4) is 0 Å². The first-order valence-corrected chi connectivity index (χ1v) is 5.57. The first-order valence-electron chi connectivity index (χ1n) is 5.57. The van der Waals surface area contributed by atoms with Crippen LogP contribution in [0.1, 0.15) is 35.8 Å². The van der Waals surface area contributed by atoms with Crippen LogP contribution in [-0.2, 0) is 4.79 Å². The molecule has 0 saturated carbocycles. The second kappa shape index (κ2) is 4.25. The predicted octanol–water partition coefficient (Wildman–Crippen LogP) is 1.15. The van der Waals surface area contributed by atoms with Gasteiger partial charge in [0, 0.05) is 17.3 Å². The summed E-state index contributed by atoms with van der Waals surface area (Å²) in [7, 11) is 0. The topological polar surface area (TPSA) is 78.0 Å². The second-order valence-corrected chi connectivity index (χ2v) is 4.41. The molecule has 2 heterocycles. The van der Waals surface area contributed by atoms with Gasteiger partial charge in [-0.25, -0.2) is 0 Å². The zero-order chi connectivity index (χ0) is 11.7. The zero-order valence-corrected chi connectivity index (χ0v) is 9.58. The van der Waals surface area contributed by atoms with Crippen molar-refractivity contribution in [1.82, 2.24) is 15.5 Å². The maximum Gasteiger partial charge on any atom is 0.306 e. The van der Waals surface area contributed by atoms with Crippen molar-refractivity contribution in [2.45, 2.75) is 32.7 Å². The van der Waals surface area contributed by atoms with E-state index in [1.807, 2.05) is 13.8 Å². The number of rotatable bonds is 2. The van der Waals surface area contributed by atoms with E-state index in [2.05, 4.69) is 15.5 Å². The number of hydrogen-bond acceptors (Lipinski definition) is 3. The molecule has 88 valence electrons. The molecule has 1 aromatic rings. The molecule has 1 fully saturated rings. The molecule has 2 atom stereocenters. The number of aliphatic carboxylic acids is 1. The minimum Gasteiger partial charge on any atom is -0.481 e. The van der Waals surface area contributed by atoms with Gasteiger partial charge < -0.3 is 10.4 Å². The molecule has 5 nitrogen and oxygen atoms in total. The van der Waals surface area contributed by atoms with Crippen LogP contribution in [0.15, 0.2) is 0 Å². The largest absolute Gasteiger partial charge is 0.481 e. The van der Waals surface area contributed by atoms with Crippen molar-refractivity contribution < 1.29 is 9.90 Å². The molecule has 0 bridgehead atoms. The highest BCUT2D eigenvalue weighted by Crippen LogP contribution is 2.30. The maximum absolute atomic E-state index is 11.0. The van der Waals surface area contributed by atoms with Crippen molar-refractivity contribution in [3.8, 4) is 0 Å². The number of hydrogen-bond donors (Lipinski definition) is 3. The quantitative estimate of drug-likeness (QED) is 0.703. The number of nitrogens with one attached hydrogen (secondary N) is 2. The van der Waals surface area contributed by atoms with Crippen molar-refractivity contribution in [1.29, 1.82) is 0 Å². The minimum atomic E-state index is -0.690. The molecule has 5 heteroatoms. The lowest BCUT2D eigenvalue weighted by molar-refractivity contribution is -0.143. The number of H-pyrrole nitrogens is 1. The van der Waals surface area contributed by atoms with Crippen LogP contribution < -0.4 is 5.32 Å². The summed E-state index contributed by atoms with van der Waals surface area (Å²) in [6.07, 6.45) is 1.36. The lowest BCUT2D eigenvalue weighted by atomic mass is 9.88. The number of nitrogens with zero attached hydrogens (tertiary/aromatic N) is 1. The summed E-state index contributed by atoms with van der Waals surface area (Å²) in [5.41, 5.74) is 3.12. The molecule has 0 aliphatic carbocycles. The van der Waals surface area contributed by atoms with Gasteiger partial charge in [-0.1, -0.05) is 0 Å². The minimum absolute atomic E-state index is 0.119. The van der Waals surface area contributed by atoms with E-state index >= 15 is 0 Å². The molecule has 16 heavy (non-hydrogen) atoms. The van der Waals surface area contributed by atoms with Gasteiger partial charge in [0.15, 0.2) is 0 Å². The number of carbonyl (C=O) groups is 1. The maximum atomic E-state index is 11.0. The summed E-state index contributed by atoms with van der Waals surface area (Å²) in [6, 6.07) is 0.119. The molecule has 0 amide bonds. The van der Waals surface area contributed by atoms with E-state index in [9.17, 15) is 4.79 Å². The van der Waals surface area contributed by atoms with Gasteiger partial charge in [-0.15, -0.1) is 0 Å². The Kier molecular flexibility index (Phi) is 2.96. The molecular weight excluding hydrogens is 206 g/mol. The van der Waals surface area contributed by atoms with Gasteiger partial charge >= 0.3 is 5.97 Å². The zero-order valence-electron chi connectivity index (χ0n) is 9.58. The fourth-order valence-electron chi connectivity index (χ4n) is 2.43. The molecule has 1 aliphatic rings. The number of aryl methyl sites for hydroxylation is 2. The normalized spacial score (nSPS) is 25.6. The summed E-state index contributed by atoms with van der Waals surface area (Å²) in [5, 5.41) is 19.5. The predicted molar refractivity (Wildman–Crippen MR) is 59.2 cm³/mol.